The number of hydrogen-bond donors (Lipinski definition) is 0. The van der Waals surface area contributed by atoms with Crippen molar-refractivity contribution < 1.29 is 15.3 Å². The van der Waals surface area contributed by atoms with Crippen LogP contribution in [-0.2, 0) is 15.3 Å². The Bertz CT molecular complexity index is 1060. The Morgan fingerprint density at radius 2 is 1.06 bits per heavy atom. The van der Waals surface area contributed by atoms with E-state index in [0.29, 0.717) is 0 Å². The van der Waals surface area contributed by atoms with Gasteiger partial charge < -0.3 is 0 Å². The fraction of sp³-hybridized carbons (Fsp3) is 0.333. The molecule has 2 unspecified atom stereocenters. The Labute approximate surface area is 215 Å². The van der Waals surface area contributed by atoms with Crippen molar-refractivity contribution in [2.24, 2.45) is 0 Å². The first-order chi connectivity index (χ1) is 16.3. The van der Waals surface area contributed by atoms with Crippen molar-refractivity contribution in [3.63, 3.8) is 0 Å². The van der Waals surface area contributed by atoms with Crippen LogP contribution < -0.4 is 0 Å². The number of hydrogen-bond acceptors (Lipinski definition) is 0. The third-order valence-electron chi connectivity index (χ3n) is 7.70. The summed E-state index contributed by atoms with van der Waals surface area (Å²) in [6.45, 7) is 9.34. The number of benzene rings is 2. The first-order valence-corrected chi connectivity index (χ1v) is 35.0. The molecule has 0 saturated carbocycles. The Balaban J connectivity index is 1.91. The first kappa shape index (κ1) is 26.1. The van der Waals surface area contributed by atoms with Gasteiger partial charge in [-0.3, -0.25) is 0 Å². The van der Waals surface area contributed by atoms with Crippen LogP contribution in [0.2, 0.25) is 20.4 Å². The van der Waals surface area contributed by atoms with Crippen molar-refractivity contribution >= 4 is 34.3 Å². The molecule has 0 aliphatic heterocycles. The predicted molar refractivity (Wildman–Crippen MR) is 153 cm³/mol. The number of rotatable bonds is 9. The molecular weight excluding hydrogens is 638 g/mol. The summed E-state index contributed by atoms with van der Waals surface area (Å²) in [7, 11) is 16.5. The summed E-state index contributed by atoms with van der Waals surface area (Å²) in [6.07, 6.45) is 14.2. The van der Waals surface area contributed by atoms with Crippen molar-refractivity contribution in [1.29, 1.82) is 0 Å². The minimum atomic E-state index is -4.66. The average molecular weight is 675 g/mol. The molecule has 0 spiro atoms. The molecule has 2 aromatic carbocycles. The van der Waals surface area contributed by atoms with E-state index in [1.54, 1.807) is 0 Å². The van der Waals surface area contributed by atoms with Gasteiger partial charge >= 0.3 is 217 Å². The zero-order chi connectivity index (χ0) is 24.4. The Morgan fingerprint density at radius 3 is 1.38 bits per heavy atom. The van der Waals surface area contributed by atoms with E-state index in [-0.39, 0.29) is 7.35 Å². The minimum absolute atomic E-state index is 0.158. The predicted octanol–water partition coefficient (Wildman–Crippen LogP) is 10.2. The van der Waals surface area contributed by atoms with E-state index in [4.69, 9.17) is 17.2 Å². The summed E-state index contributed by atoms with van der Waals surface area (Å²) in [5.41, 5.74) is 8.08. The molecule has 0 nitrogen and oxygen atoms in total. The maximum absolute atomic E-state index is 8.24. The van der Waals surface area contributed by atoms with E-state index >= 15 is 0 Å². The summed E-state index contributed by atoms with van der Waals surface area (Å²) < 4.78 is 0.315. The van der Waals surface area contributed by atoms with Crippen LogP contribution in [0.15, 0.2) is 96.1 Å². The molecule has 0 heterocycles. The molecule has 4 heteroatoms. The van der Waals surface area contributed by atoms with Gasteiger partial charge in [-0.1, -0.05) is 0 Å². The van der Waals surface area contributed by atoms with Crippen molar-refractivity contribution in [2.45, 2.75) is 60.0 Å². The summed E-state index contributed by atoms with van der Waals surface area (Å²) in [5, 5.41) is 0. The standard InChI is InChI=1S/2C14H15.C2H7Si.2ClH.Hf/c2*1-2-6-12-9-10-14(11-12)13-7-4-3-5-8-13;1-3-2;;;/h2*3-5,7-11H,2,6H2,1H3;3H,1-2H3;2*1H;/q;;;;;+2/p-2. The molecule has 0 saturated heterocycles. The van der Waals surface area contributed by atoms with Crippen molar-refractivity contribution in [3.8, 4) is 0 Å². The molecule has 2 aliphatic rings. The molecule has 179 valence electrons. The van der Waals surface area contributed by atoms with Crippen LogP contribution >= 0.6 is 17.2 Å². The van der Waals surface area contributed by atoms with E-state index in [1.165, 1.54) is 33.4 Å². The van der Waals surface area contributed by atoms with Gasteiger partial charge in [0.1, 0.15) is 0 Å². The van der Waals surface area contributed by atoms with Crippen LogP contribution in [-0.4, -0.2) is 5.98 Å². The maximum atomic E-state index is 8.24. The van der Waals surface area contributed by atoms with Gasteiger partial charge in [-0.2, -0.15) is 0 Å². The second-order valence-corrected chi connectivity index (χ2v) is 69.9. The van der Waals surface area contributed by atoms with E-state index in [0.717, 1.165) is 25.7 Å². The van der Waals surface area contributed by atoms with Crippen molar-refractivity contribution in [2.75, 3.05) is 0 Å². The molecule has 0 amide bonds. The Kier molecular flexibility index (Phi) is 8.14. The second-order valence-electron chi connectivity index (χ2n) is 10.3. The molecule has 4 rings (SSSR count). The summed E-state index contributed by atoms with van der Waals surface area (Å²) >= 11 is -4.66. The molecule has 0 N–H and O–H groups in total. The third kappa shape index (κ3) is 4.73. The fourth-order valence-corrected chi connectivity index (χ4v) is 44.4. The van der Waals surface area contributed by atoms with Crippen LogP contribution in [0.1, 0.15) is 50.7 Å². The van der Waals surface area contributed by atoms with Gasteiger partial charge in [0.15, 0.2) is 0 Å². The SMILES string of the molecule is CCCC1=C[CH]([Hf]([Cl])([Cl])([CH]2C=C(CCC)C=C2c2ccccc2)[SiH](C)C)C(c2ccccc2)=C1. The quantitative estimate of drug-likeness (QED) is 0.232. The third-order valence-corrected chi connectivity index (χ3v) is 80.7. The van der Waals surface area contributed by atoms with Crippen LogP contribution in [0.5, 0.6) is 0 Å². The second kappa shape index (κ2) is 10.6. The van der Waals surface area contributed by atoms with Crippen molar-refractivity contribution in [1.82, 2.24) is 0 Å². The van der Waals surface area contributed by atoms with Gasteiger partial charge in [0.05, 0.1) is 0 Å². The van der Waals surface area contributed by atoms with Gasteiger partial charge in [0.2, 0.25) is 0 Å². The normalized spacial score (nSPS) is 21.6. The topological polar surface area (TPSA) is 0 Å². The Morgan fingerprint density at radius 1 is 0.676 bits per heavy atom. The molecule has 2 atom stereocenters. The molecule has 0 aromatic heterocycles. The molecule has 34 heavy (non-hydrogen) atoms. The van der Waals surface area contributed by atoms with Crippen LogP contribution in [0.3, 0.4) is 0 Å². The van der Waals surface area contributed by atoms with Gasteiger partial charge in [-0.25, -0.2) is 0 Å². The van der Waals surface area contributed by atoms with Crippen LogP contribution in [0, 0.1) is 0 Å². The van der Waals surface area contributed by atoms with Gasteiger partial charge in [0.25, 0.3) is 0 Å². The first-order valence-electron chi connectivity index (χ1n) is 12.8. The fourth-order valence-electron chi connectivity index (χ4n) is 5.78. The molecular formula is C30H37Cl2HfSi. The summed E-state index contributed by atoms with van der Waals surface area (Å²) in [6, 6.07) is 21.6. The molecule has 2 aliphatic carbocycles. The van der Waals surface area contributed by atoms with E-state index in [2.05, 4.69) is 112 Å². The molecule has 2 aromatic rings. The zero-order valence-corrected chi connectivity index (χ0v) is 27.2. The van der Waals surface area contributed by atoms with E-state index in [9.17, 15) is 0 Å². The van der Waals surface area contributed by atoms with E-state index in [1.807, 2.05) is 0 Å². The zero-order valence-electron chi connectivity index (χ0n) is 20.9. The summed E-state index contributed by atoms with van der Waals surface area (Å²) in [5.74, 6) is -1.46. The Hall–Kier alpha value is -0.933. The molecule has 0 bridgehead atoms. The van der Waals surface area contributed by atoms with Gasteiger partial charge in [0, 0.05) is 0 Å². The van der Waals surface area contributed by atoms with Crippen LogP contribution in [0.4, 0.5) is 0 Å². The average Bonchev–Trinajstić information content (AvgIpc) is 3.47. The van der Waals surface area contributed by atoms with E-state index < -0.39 is 21.3 Å². The van der Waals surface area contributed by atoms with Gasteiger partial charge in [-0.15, -0.1) is 0 Å². The molecule has 0 fully saturated rings. The number of halogens is 2. The summed E-state index contributed by atoms with van der Waals surface area (Å²) in [4.78, 5) is 0. The van der Waals surface area contributed by atoms with Gasteiger partial charge in [-0.05, 0) is 0 Å². The van der Waals surface area contributed by atoms with Crippen LogP contribution in [0.25, 0.3) is 11.1 Å². The monoisotopic (exact) mass is 675 g/mol. The number of allylic oxidation sites excluding steroid dienone is 8. The molecule has 0 radical (unpaired) electrons. The van der Waals surface area contributed by atoms with Crippen molar-refractivity contribution in [3.05, 3.63) is 107 Å².